The van der Waals surface area contributed by atoms with Gasteiger partial charge in [0.2, 0.25) is 0 Å². The predicted molar refractivity (Wildman–Crippen MR) is 139 cm³/mol. The van der Waals surface area contributed by atoms with Crippen molar-refractivity contribution in [3.8, 4) is 0 Å². The maximum absolute atomic E-state index is 13.9. The van der Waals surface area contributed by atoms with Gasteiger partial charge in [0.15, 0.2) is 11.6 Å². The van der Waals surface area contributed by atoms with Crippen molar-refractivity contribution < 1.29 is 19.4 Å². The number of benzene rings is 4. The van der Waals surface area contributed by atoms with Gasteiger partial charge in [-0.05, 0) is 30.3 Å². The first-order chi connectivity index (χ1) is 17.5. The molecule has 0 amide bonds. The Kier molecular flexibility index (Phi) is 6.38. The fourth-order valence-electron chi connectivity index (χ4n) is 4.17. The van der Waals surface area contributed by atoms with E-state index in [1.807, 2.05) is 30.3 Å². The van der Waals surface area contributed by atoms with Crippen LogP contribution >= 0.6 is 11.6 Å². The summed E-state index contributed by atoms with van der Waals surface area (Å²) < 4.78 is 6.22. The zero-order valence-electron chi connectivity index (χ0n) is 19.1. The number of ether oxygens (including phenoxy) is 1. The van der Waals surface area contributed by atoms with Gasteiger partial charge in [-0.3, -0.25) is 9.59 Å². The number of rotatable bonds is 6. The van der Waals surface area contributed by atoms with Crippen LogP contribution in [0.3, 0.4) is 0 Å². The number of aliphatic hydroxyl groups is 1. The van der Waals surface area contributed by atoms with Gasteiger partial charge in [-0.1, -0.05) is 103 Å². The molecule has 4 aromatic carbocycles. The molecular weight excluding hydrogens is 472 g/mol. The summed E-state index contributed by atoms with van der Waals surface area (Å²) in [5.41, 5.74) is 1.97. The molecule has 0 saturated heterocycles. The molecule has 5 heteroatoms. The number of carbonyl (C=O) groups is 2. The highest BCUT2D eigenvalue weighted by molar-refractivity contribution is 6.30. The Bertz CT molecular complexity index is 1470. The fourth-order valence-corrected chi connectivity index (χ4v) is 4.30. The zero-order chi connectivity index (χ0) is 25.1. The minimum atomic E-state index is -2.06. The molecule has 0 bridgehead atoms. The van der Waals surface area contributed by atoms with Crippen molar-refractivity contribution in [3.63, 3.8) is 0 Å². The van der Waals surface area contributed by atoms with E-state index < -0.39 is 11.6 Å². The Morgan fingerprint density at radius 3 is 1.89 bits per heavy atom. The van der Waals surface area contributed by atoms with Crippen LogP contribution in [0.2, 0.25) is 5.02 Å². The van der Waals surface area contributed by atoms with Gasteiger partial charge in [0, 0.05) is 32.8 Å². The maximum Gasteiger partial charge on any atom is 0.262 e. The van der Waals surface area contributed by atoms with E-state index in [-0.39, 0.29) is 22.7 Å². The summed E-state index contributed by atoms with van der Waals surface area (Å²) in [6.07, 6.45) is 1.28. The summed E-state index contributed by atoms with van der Waals surface area (Å²) in [5, 5.41) is 12.5. The molecule has 176 valence electrons. The van der Waals surface area contributed by atoms with Crippen molar-refractivity contribution in [2.75, 3.05) is 0 Å². The Labute approximate surface area is 213 Å². The van der Waals surface area contributed by atoms with Crippen molar-refractivity contribution in [2.45, 2.75) is 5.79 Å². The molecule has 4 nitrogen and oxygen atoms in total. The van der Waals surface area contributed by atoms with Gasteiger partial charge < -0.3 is 9.84 Å². The molecule has 5 rings (SSSR count). The normalized spacial score (nSPS) is 18.2. The quantitative estimate of drug-likeness (QED) is 0.243. The van der Waals surface area contributed by atoms with E-state index in [0.717, 1.165) is 0 Å². The molecule has 0 fully saturated rings. The average Bonchev–Trinajstić information content (AvgIpc) is 3.23. The molecule has 1 heterocycles. The lowest BCUT2D eigenvalue weighted by molar-refractivity contribution is -0.120. The molecule has 1 N–H and O–H groups in total. The number of hydrogen-bond donors (Lipinski definition) is 1. The first kappa shape index (κ1) is 23.5. The van der Waals surface area contributed by atoms with E-state index in [0.29, 0.717) is 27.3 Å². The van der Waals surface area contributed by atoms with Gasteiger partial charge in [0.25, 0.3) is 5.79 Å². The lowest BCUT2D eigenvalue weighted by Crippen LogP contribution is -2.29. The lowest BCUT2D eigenvalue weighted by Gasteiger charge is -2.26. The minimum Gasteiger partial charge on any atom is -0.452 e. The predicted octanol–water partition coefficient (Wildman–Crippen LogP) is 6.62. The Morgan fingerprint density at radius 2 is 1.28 bits per heavy atom. The molecule has 0 radical (unpaired) electrons. The first-order valence-corrected chi connectivity index (χ1v) is 11.7. The van der Waals surface area contributed by atoms with Crippen molar-refractivity contribution in [1.29, 1.82) is 0 Å². The summed E-state index contributed by atoms with van der Waals surface area (Å²) in [6.45, 7) is 0. The van der Waals surface area contributed by atoms with Crippen molar-refractivity contribution in [3.05, 3.63) is 160 Å². The van der Waals surface area contributed by atoms with Gasteiger partial charge in [-0.25, -0.2) is 0 Å². The first-order valence-electron chi connectivity index (χ1n) is 11.4. The Balaban J connectivity index is 1.75. The van der Waals surface area contributed by atoms with Crippen molar-refractivity contribution in [2.24, 2.45) is 0 Å². The number of hydrogen-bond acceptors (Lipinski definition) is 4. The minimum absolute atomic E-state index is 0.0707. The van der Waals surface area contributed by atoms with Crippen LogP contribution in [0.4, 0.5) is 0 Å². The third kappa shape index (κ3) is 4.40. The van der Waals surface area contributed by atoms with Crippen LogP contribution in [-0.2, 0) is 10.5 Å². The summed E-state index contributed by atoms with van der Waals surface area (Å²) in [5.74, 6) is -2.62. The van der Waals surface area contributed by atoms with Crippen LogP contribution in [0.1, 0.15) is 31.8 Å². The molecule has 4 aromatic rings. The van der Waals surface area contributed by atoms with E-state index in [4.69, 9.17) is 16.3 Å². The molecule has 0 aliphatic carbocycles. The van der Waals surface area contributed by atoms with Gasteiger partial charge >= 0.3 is 0 Å². The summed E-state index contributed by atoms with van der Waals surface area (Å²) in [4.78, 5) is 27.3. The topological polar surface area (TPSA) is 63.6 Å². The Morgan fingerprint density at radius 1 is 0.722 bits per heavy atom. The van der Waals surface area contributed by atoms with E-state index >= 15 is 0 Å². The van der Waals surface area contributed by atoms with E-state index in [1.165, 1.54) is 6.08 Å². The monoisotopic (exact) mass is 492 g/mol. The molecular formula is C31H21ClO4. The molecule has 0 saturated carbocycles. The van der Waals surface area contributed by atoms with Crippen molar-refractivity contribution >= 4 is 28.9 Å². The molecule has 1 aliphatic heterocycles. The number of carbonyl (C=O) groups excluding carboxylic acids is 2. The largest absolute Gasteiger partial charge is 0.452 e. The molecule has 0 spiro atoms. The van der Waals surface area contributed by atoms with Crippen LogP contribution < -0.4 is 0 Å². The second-order valence-corrected chi connectivity index (χ2v) is 8.74. The highest BCUT2D eigenvalue weighted by atomic mass is 35.5. The molecule has 1 atom stereocenters. The van der Waals surface area contributed by atoms with Gasteiger partial charge in [-0.2, -0.15) is 0 Å². The third-order valence-electron chi connectivity index (χ3n) is 5.98. The SMILES string of the molecule is O=C(/C=C1\C(C(=O)c2ccccc2)=C(c2ccccc2)OC1(O)c1ccccc1)c1ccc(Cl)cc1. The van der Waals surface area contributed by atoms with Crippen LogP contribution in [0.5, 0.6) is 0 Å². The third-order valence-corrected chi connectivity index (χ3v) is 6.23. The van der Waals surface area contributed by atoms with E-state index in [9.17, 15) is 14.7 Å². The van der Waals surface area contributed by atoms with Gasteiger partial charge in [0.05, 0.1) is 5.57 Å². The Hall–Kier alpha value is -4.25. The lowest BCUT2D eigenvalue weighted by atomic mass is 9.87. The van der Waals surface area contributed by atoms with Crippen LogP contribution in [-0.4, -0.2) is 16.7 Å². The highest BCUT2D eigenvalue weighted by Crippen LogP contribution is 2.48. The number of allylic oxidation sites excluding steroid dienone is 1. The fraction of sp³-hybridized carbons (Fsp3) is 0.0323. The number of halogens is 1. The average molecular weight is 493 g/mol. The number of ketones is 2. The van der Waals surface area contributed by atoms with E-state index in [2.05, 4.69) is 0 Å². The van der Waals surface area contributed by atoms with Gasteiger partial charge in [0.1, 0.15) is 5.76 Å². The van der Waals surface area contributed by atoms with Crippen LogP contribution in [0.25, 0.3) is 5.76 Å². The second-order valence-electron chi connectivity index (χ2n) is 8.31. The molecule has 0 aromatic heterocycles. The zero-order valence-corrected chi connectivity index (χ0v) is 19.9. The smallest absolute Gasteiger partial charge is 0.262 e. The van der Waals surface area contributed by atoms with Crippen LogP contribution in [0, 0.1) is 0 Å². The summed E-state index contributed by atoms with van der Waals surface area (Å²) in [6, 6.07) is 32.9. The molecule has 1 aliphatic rings. The standard InChI is InChI=1S/C31H21ClO4/c32-25-18-16-21(17-19-25)27(33)20-26-28(29(34)22-10-4-1-5-11-22)30(23-12-6-2-7-13-23)36-31(26,35)24-14-8-3-9-15-24/h1-20,35H/b26-20+. The van der Waals surface area contributed by atoms with Crippen LogP contribution in [0.15, 0.2) is 132 Å². The van der Waals surface area contributed by atoms with Gasteiger partial charge in [-0.15, -0.1) is 0 Å². The highest BCUT2D eigenvalue weighted by Gasteiger charge is 2.48. The second kappa shape index (κ2) is 9.78. The van der Waals surface area contributed by atoms with E-state index in [1.54, 1.807) is 84.9 Å². The number of Topliss-reactive ketones (excluding diaryl/α,β-unsaturated/α-hetero) is 1. The molecule has 36 heavy (non-hydrogen) atoms. The summed E-state index contributed by atoms with van der Waals surface area (Å²) in [7, 11) is 0. The molecule has 1 unspecified atom stereocenters. The summed E-state index contributed by atoms with van der Waals surface area (Å²) >= 11 is 5.99. The van der Waals surface area contributed by atoms with Crippen molar-refractivity contribution in [1.82, 2.24) is 0 Å². The maximum atomic E-state index is 13.9.